The highest BCUT2D eigenvalue weighted by molar-refractivity contribution is 5.95. The number of rotatable bonds is 7. The molecule has 1 aliphatic rings. The number of hydrogen-bond acceptors (Lipinski definition) is 3. The first-order valence-electron chi connectivity index (χ1n) is 10.5. The normalized spacial score (nSPS) is 15.3. The van der Waals surface area contributed by atoms with Gasteiger partial charge in [0.05, 0.1) is 12.7 Å². The van der Waals surface area contributed by atoms with Crippen molar-refractivity contribution in [3.63, 3.8) is 0 Å². The van der Waals surface area contributed by atoms with Gasteiger partial charge in [-0.25, -0.2) is 0 Å². The molecule has 1 aromatic heterocycles. The average Bonchev–Trinajstić information content (AvgIpc) is 3.28. The van der Waals surface area contributed by atoms with E-state index in [-0.39, 0.29) is 11.9 Å². The van der Waals surface area contributed by atoms with Crippen molar-refractivity contribution in [1.82, 2.24) is 4.90 Å². The molecule has 1 saturated heterocycles. The van der Waals surface area contributed by atoms with Gasteiger partial charge in [0, 0.05) is 31.4 Å². The van der Waals surface area contributed by atoms with Crippen LogP contribution >= 0.6 is 0 Å². The highest BCUT2D eigenvalue weighted by Gasteiger charge is 2.29. The van der Waals surface area contributed by atoms with Gasteiger partial charge in [0.2, 0.25) is 5.91 Å². The van der Waals surface area contributed by atoms with Crippen LogP contribution in [0.4, 0.5) is 5.69 Å². The Labute approximate surface area is 172 Å². The van der Waals surface area contributed by atoms with Crippen LogP contribution in [0.25, 0.3) is 0 Å². The summed E-state index contributed by atoms with van der Waals surface area (Å²) in [5.41, 5.74) is 2.36. The average molecular weight is 389 g/mol. The minimum absolute atomic E-state index is 0.105. The van der Waals surface area contributed by atoms with Crippen LogP contribution in [0.2, 0.25) is 0 Å². The molecular formula is C25H28N2O2. The summed E-state index contributed by atoms with van der Waals surface area (Å²) in [5.74, 6) is 0.824. The highest BCUT2D eigenvalue weighted by atomic mass is 16.3. The molecule has 0 unspecified atom stereocenters. The van der Waals surface area contributed by atoms with Crippen LogP contribution in [0.3, 0.4) is 0 Å². The minimum Gasteiger partial charge on any atom is -0.469 e. The molecule has 1 aliphatic heterocycles. The quantitative estimate of drug-likeness (QED) is 0.595. The monoisotopic (exact) mass is 388 g/mol. The Morgan fingerprint density at radius 2 is 1.62 bits per heavy atom. The molecule has 4 rings (SSSR count). The van der Waals surface area contributed by atoms with Gasteiger partial charge in [0.15, 0.2) is 0 Å². The van der Waals surface area contributed by atoms with E-state index in [1.165, 1.54) is 5.56 Å². The number of hydrogen-bond donors (Lipinski definition) is 0. The lowest BCUT2D eigenvalue weighted by molar-refractivity contribution is -0.118. The number of para-hydroxylation sites is 1. The van der Waals surface area contributed by atoms with E-state index in [1.807, 2.05) is 47.4 Å². The number of amides is 1. The van der Waals surface area contributed by atoms with Gasteiger partial charge in [-0.1, -0.05) is 48.5 Å². The van der Waals surface area contributed by atoms with E-state index in [2.05, 4.69) is 35.2 Å². The van der Waals surface area contributed by atoms with Crippen LogP contribution in [0.1, 0.15) is 24.2 Å². The van der Waals surface area contributed by atoms with Crippen LogP contribution in [0.5, 0.6) is 0 Å². The molecule has 1 fully saturated rings. The number of nitrogens with zero attached hydrogens (tertiary/aromatic N) is 2. The molecular weight excluding hydrogens is 360 g/mol. The van der Waals surface area contributed by atoms with Gasteiger partial charge in [-0.2, -0.15) is 0 Å². The Morgan fingerprint density at radius 1 is 0.931 bits per heavy atom. The molecule has 0 bridgehead atoms. The van der Waals surface area contributed by atoms with Crippen molar-refractivity contribution >= 4 is 11.6 Å². The number of carbonyl (C=O) groups is 1. The molecule has 3 aromatic rings. The Morgan fingerprint density at radius 3 is 2.28 bits per heavy atom. The van der Waals surface area contributed by atoms with E-state index < -0.39 is 0 Å². The maximum absolute atomic E-state index is 13.2. The molecule has 4 heteroatoms. The maximum Gasteiger partial charge on any atom is 0.234 e. The van der Waals surface area contributed by atoms with Crippen LogP contribution in [0.15, 0.2) is 83.5 Å². The standard InChI is InChI=1S/C25H28N2O2/c28-25(20-24-12-7-19-29-24)27(22-10-5-2-6-11-22)23-14-17-26(18-15-23)16-13-21-8-3-1-4-9-21/h1-12,19,23H,13-18,20H2. The summed E-state index contributed by atoms with van der Waals surface area (Å²) in [6, 6.07) is 24.6. The zero-order chi connectivity index (χ0) is 19.9. The first-order valence-corrected chi connectivity index (χ1v) is 10.5. The van der Waals surface area contributed by atoms with E-state index in [0.717, 1.165) is 50.3 Å². The fraction of sp³-hybridized carbons (Fsp3) is 0.320. The zero-order valence-electron chi connectivity index (χ0n) is 16.7. The second kappa shape index (κ2) is 9.57. The Balaban J connectivity index is 1.39. The molecule has 2 aromatic carbocycles. The van der Waals surface area contributed by atoms with Gasteiger partial charge in [-0.15, -0.1) is 0 Å². The summed E-state index contributed by atoms with van der Waals surface area (Å²) in [4.78, 5) is 17.7. The predicted octanol–water partition coefficient (Wildman–Crippen LogP) is 4.56. The third-order valence-electron chi connectivity index (χ3n) is 5.69. The largest absolute Gasteiger partial charge is 0.469 e. The van der Waals surface area contributed by atoms with Crippen molar-refractivity contribution in [2.24, 2.45) is 0 Å². The van der Waals surface area contributed by atoms with Gasteiger partial charge in [0.25, 0.3) is 0 Å². The topological polar surface area (TPSA) is 36.7 Å². The molecule has 0 aliphatic carbocycles. The summed E-state index contributed by atoms with van der Waals surface area (Å²) < 4.78 is 5.41. The molecule has 29 heavy (non-hydrogen) atoms. The predicted molar refractivity (Wildman–Crippen MR) is 116 cm³/mol. The molecule has 150 valence electrons. The van der Waals surface area contributed by atoms with Gasteiger partial charge in [0.1, 0.15) is 5.76 Å². The van der Waals surface area contributed by atoms with Crippen molar-refractivity contribution in [2.75, 3.05) is 24.5 Å². The number of benzene rings is 2. The number of piperidine rings is 1. The molecule has 4 nitrogen and oxygen atoms in total. The summed E-state index contributed by atoms with van der Waals surface area (Å²) in [5, 5.41) is 0. The zero-order valence-corrected chi connectivity index (χ0v) is 16.7. The van der Waals surface area contributed by atoms with Crippen molar-refractivity contribution in [1.29, 1.82) is 0 Å². The summed E-state index contributed by atoms with van der Waals surface area (Å²) in [6.45, 7) is 3.12. The fourth-order valence-corrected chi connectivity index (χ4v) is 4.13. The Kier molecular flexibility index (Phi) is 6.42. The highest BCUT2D eigenvalue weighted by Crippen LogP contribution is 2.25. The number of likely N-dealkylation sites (tertiary alicyclic amines) is 1. The smallest absolute Gasteiger partial charge is 0.234 e. The number of furan rings is 1. The minimum atomic E-state index is 0.105. The van der Waals surface area contributed by atoms with E-state index in [4.69, 9.17) is 4.42 Å². The second-order valence-corrected chi connectivity index (χ2v) is 7.66. The van der Waals surface area contributed by atoms with Crippen LogP contribution in [-0.4, -0.2) is 36.5 Å². The third kappa shape index (κ3) is 5.15. The van der Waals surface area contributed by atoms with Crippen LogP contribution < -0.4 is 4.90 Å². The van der Waals surface area contributed by atoms with Crippen LogP contribution in [-0.2, 0) is 17.6 Å². The third-order valence-corrected chi connectivity index (χ3v) is 5.69. The van der Waals surface area contributed by atoms with Gasteiger partial charge >= 0.3 is 0 Å². The molecule has 0 saturated carbocycles. The summed E-state index contributed by atoms with van der Waals surface area (Å²) in [6.07, 6.45) is 4.99. The van der Waals surface area contributed by atoms with Crippen LogP contribution in [0, 0.1) is 0 Å². The Hall–Kier alpha value is -2.85. The molecule has 0 N–H and O–H groups in total. The lowest BCUT2D eigenvalue weighted by Gasteiger charge is -2.38. The second-order valence-electron chi connectivity index (χ2n) is 7.66. The van der Waals surface area contributed by atoms with Crippen molar-refractivity contribution in [3.8, 4) is 0 Å². The summed E-state index contributed by atoms with van der Waals surface area (Å²) >= 11 is 0. The number of carbonyl (C=O) groups excluding carboxylic acids is 1. The molecule has 0 spiro atoms. The first-order chi connectivity index (χ1) is 14.3. The van der Waals surface area contributed by atoms with E-state index in [0.29, 0.717) is 6.42 Å². The maximum atomic E-state index is 13.2. The van der Waals surface area contributed by atoms with E-state index in [9.17, 15) is 4.79 Å². The van der Waals surface area contributed by atoms with Gasteiger partial charge in [-0.05, 0) is 49.1 Å². The SMILES string of the molecule is O=C(Cc1ccco1)N(c1ccccc1)C1CCN(CCc2ccccc2)CC1. The number of anilines is 1. The molecule has 1 amide bonds. The first kappa shape index (κ1) is 19.5. The molecule has 0 atom stereocenters. The van der Waals surface area contributed by atoms with Gasteiger partial charge in [-0.3, -0.25) is 4.79 Å². The van der Waals surface area contributed by atoms with E-state index >= 15 is 0 Å². The van der Waals surface area contributed by atoms with Crippen molar-refractivity contribution in [3.05, 3.63) is 90.4 Å². The fourth-order valence-electron chi connectivity index (χ4n) is 4.13. The summed E-state index contributed by atoms with van der Waals surface area (Å²) in [7, 11) is 0. The lowest BCUT2D eigenvalue weighted by Crippen LogP contribution is -2.48. The molecule has 2 heterocycles. The van der Waals surface area contributed by atoms with Gasteiger partial charge < -0.3 is 14.2 Å². The lowest BCUT2D eigenvalue weighted by atomic mass is 10.0. The molecule has 0 radical (unpaired) electrons. The van der Waals surface area contributed by atoms with Crippen molar-refractivity contribution < 1.29 is 9.21 Å². The van der Waals surface area contributed by atoms with E-state index in [1.54, 1.807) is 6.26 Å². The van der Waals surface area contributed by atoms with Crippen molar-refractivity contribution in [2.45, 2.75) is 31.7 Å². The Bertz CT molecular complexity index is 870.